The zero-order valence-corrected chi connectivity index (χ0v) is 21.5. The lowest BCUT2D eigenvalue weighted by Crippen LogP contribution is -2.42. The molecule has 2 amide bonds. The minimum Gasteiger partial charge on any atom is -0.496 e. The van der Waals surface area contributed by atoms with Gasteiger partial charge >= 0.3 is 0 Å². The molecule has 0 saturated carbocycles. The van der Waals surface area contributed by atoms with E-state index in [1.54, 1.807) is 6.07 Å². The number of carbonyl (C=O) groups excluding carboxylic acids is 2. The lowest BCUT2D eigenvalue weighted by atomic mass is 10.1. The molecule has 2 rings (SSSR count). The van der Waals surface area contributed by atoms with Gasteiger partial charge in [-0.25, -0.2) is 4.98 Å². The highest BCUT2D eigenvalue weighted by molar-refractivity contribution is 7.20. The molecule has 0 fully saturated rings. The van der Waals surface area contributed by atoms with Crippen LogP contribution in [0, 0.1) is 0 Å². The lowest BCUT2D eigenvalue weighted by Gasteiger charge is -2.30. The number of anilines is 1. The summed E-state index contributed by atoms with van der Waals surface area (Å²) in [7, 11) is 4.41. The number of hydrogen-bond donors (Lipinski definition) is 2. The van der Waals surface area contributed by atoms with Crippen LogP contribution in [0.15, 0.2) is 12.1 Å². The molecular formula is C22H31ClN4O5S. The minimum atomic E-state index is -0.491. The van der Waals surface area contributed by atoms with Crippen molar-refractivity contribution < 1.29 is 23.8 Å². The Morgan fingerprint density at radius 2 is 1.58 bits per heavy atom. The molecule has 9 nitrogen and oxygen atoms in total. The summed E-state index contributed by atoms with van der Waals surface area (Å²) in [6.45, 7) is 9.60. The topological polar surface area (TPSA) is 102 Å². The Labute approximate surface area is 203 Å². The smallest absolute Gasteiger partial charge is 0.272 e. The summed E-state index contributed by atoms with van der Waals surface area (Å²) in [5.41, 5.74) is 0.284. The van der Waals surface area contributed by atoms with Crippen molar-refractivity contribution in [1.82, 2.24) is 15.2 Å². The lowest BCUT2D eigenvalue weighted by molar-refractivity contribution is 0.0934. The van der Waals surface area contributed by atoms with Gasteiger partial charge in [0.05, 0.1) is 26.9 Å². The number of methoxy groups -OCH3 is 3. The van der Waals surface area contributed by atoms with E-state index in [9.17, 15) is 9.59 Å². The summed E-state index contributed by atoms with van der Waals surface area (Å²) in [6.07, 6.45) is 0. The van der Waals surface area contributed by atoms with Gasteiger partial charge < -0.3 is 19.5 Å². The second kappa shape index (κ2) is 12.1. The largest absolute Gasteiger partial charge is 0.496 e. The maximum atomic E-state index is 12.9. The van der Waals surface area contributed by atoms with Crippen LogP contribution in [0.5, 0.6) is 17.2 Å². The first-order valence-electron chi connectivity index (χ1n) is 10.4. The van der Waals surface area contributed by atoms with Crippen molar-refractivity contribution in [3.8, 4) is 17.2 Å². The third-order valence-corrected chi connectivity index (χ3v) is 6.12. The first kappa shape index (κ1) is 26.7. The molecule has 0 aliphatic carbocycles. The van der Waals surface area contributed by atoms with Crippen LogP contribution in [-0.4, -0.2) is 68.2 Å². The van der Waals surface area contributed by atoms with E-state index in [0.29, 0.717) is 42.4 Å². The summed E-state index contributed by atoms with van der Waals surface area (Å²) in [5.74, 6) is 0.210. The number of halogens is 1. The molecule has 33 heavy (non-hydrogen) atoms. The van der Waals surface area contributed by atoms with Crippen LogP contribution in [0.3, 0.4) is 0 Å². The van der Waals surface area contributed by atoms with Gasteiger partial charge in [-0.1, -0.05) is 22.9 Å². The molecule has 0 aliphatic rings. The summed E-state index contributed by atoms with van der Waals surface area (Å²) in [5, 5.41) is 5.69. The average Bonchev–Trinajstić information content (AvgIpc) is 3.14. The Morgan fingerprint density at radius 1 is 1.00 bits per heavy atom. The zero-order chi connectivity index (χ0) is 24.7. The Bertz CT molecular complexity index is 972. The molecule has 1 aromatic heterocycles. The van der Waals surface area contributed by atoms with Crippen LogP contribution in [0.4, 0.5) is 5.13 Å². The predicted octanol–water partition coefficient (Wildman–Crippen LogP) is 3.92. The summed E-state index contributed by atoms with van der Waals surface area (Å²) < 4.78 is 16.0. The quantitative estimate of drug-likeness (QED) is 0.484. The van der Waals surface area contributed by atoms with Crippen molar-refractivity contribution >= 4 is 39.9 Å². The Hall–Kier alpha value is -2.56. The number of ether oxygens (including phenoxy) is 3. The molecule has 0 saturated heterocycles. The van der Waals surface area contributed by atoms with Crippen LogP contribution < -0.4 is 24.8 Å². The molecule has 0 radical (unpaired) electrons. The van der Waals surface area contributed by atoms with Crippen molar-refractivity contribution in [3.63, 3.8) is 0 Å². The number of nitrogens with one attached hydrogen (secondary N) is 2. The van der Waals surface area contributed by atoms with Crippen LogP contribution in [-0.2, 0) is 0 Å². The van der Waals surface area contributed by atoms with Gasteiger partial charge in [-0.15, -0.1) is 0 Å². The van der Waals surface area contributed by atoms with Gasteiger partial charge in [0.1, 0.15) is 10.1 Å². The van der Waals surface area contributed by atoms with Gasteiger partial charge in [-0.3, -0.25) is 19.8 Å². The van der Waals surface area contributed by atoms with Crippen LogP contribution >= 0.6 is 22.9 Å². The van der Waals surface area contributed by atoms with E-state index in [1.807, 2.05) is 0 Å². The Balaban J connectivity index is 2.11. The third kappa shape index (κ3) is 6.72. The molecule has 0 atom stereocenters. The summed E-state index contributed by atoms with van der Waals surface area (Å²) in [4.78, 5) is 31.9. The van der Waals surface area contributed by atoms with E-state index < -0.39 is 11.8 Å². The molecular weight excluding hydrogens is 468 g/mol. The van der Waals surface area contributed by atoms with Crippen molar-refractivity contribution in [2.24, 2.45) is 0 Å². The van der Waals surface area contributed by atoms with E-state index in [-0.39, 0.29) is 20.7 Å². The maximum absolute atomic E-state index is 12.9. The second-order valence-electron chi connectivity index (χ2n) is 7.68. The summed E-state index contributed by atoms with van der Waals surface area (Å²) in [6, 6.07) is 3.78. The summed E-state index contributed by atoms with van der Waals surface area (Å²) >= 11 is 7.23. The predicted molar refractivity (Wildman–Crippen MR) is 130 cm³/mol. The first-order valence-corrected chi connectivity index (χ1v) is 11.6. The van der Waals surface area contributed by atoms with Crippen LogP contribution in [0.2, 0.25) is 4.34 Å². The normalized spacial score (nSPS) is 11.1. The molecule has 0 aliphatic heterocycles. The van der Waals surface area contributed by atoms with Crippen molar-refractivity contribution in [2.75, 3.05) is 39.7 Å². The highest BCUT2D eigenvalue weighted by Gasteiger charge is 2.22. The maximum Gasteiger partial charge on any atom is 0.272 e. The highest BCUT2D eigenvalue weighted by Crippen LogP contribution is 2.35. The van der Waals surface area contributed by atoms with Crippen LogP contribution in [0.1, 0.15) is 48.5 Å². The molecule has 182 valence electrons. The molecule has 0 bridgehead atoms. The van der Waals surface area contributed by atoms with Crippen molar-refractivity contribution in [1.29, 1.82) is 0 Å². The fraction of sp³-hybridized carbons (Fsp3) is 0.500. The Kier molecular flexibility index (Phi) is 9.75. The van der Waals surface area contributed by atoms with Gasteiger partial charge in [0.25, 0.3) is 11.8 Å². The first-order chi connectivity index (χ1) is 15.6. The SMILES string of the molecule is COc1cc(OC)c(C(=O)Nc2nc(C(=O)NCCN(C(C)C)C(C)C)c(Cl)s2)cc1OC. The molecule has 11 heteroatoms. The fourth-order valence-corrected chi connectivity index (χ4v) is 4.39. The molecule has 1 aromatic carbocycles. The van der Waals surface area contributed by atoms with E-state index in [4.69, 9.17) is 25.8 Å². The van der Waals surface area contributed by atoms with E-state index >= 15 is 0 Å². The van der Waals surface area contributed by atoms with Gasteiger partial charge in [-0.2, -0.15) is 0 Å². The standard InChI is InChI=1S/C22H31ClN4O5S/c1-12(2)27(13(3)4)9-8-24-21(29)18-19(23)33-22(25-18)26-20(28)14-10-16(31-6)17(32-7)11-15(14)30-5/h10-13H,8-9H2,1-7H3,(H,24,29)(H,25,26,28). The number of hydrogen-bond acceptors (Lipinski definition) is 8. The van der Waals surface area contributed by atoms with Gasteiger partial charge in [0.2, 0.25) is 0 Å². The zero-order valence-electron chi connectivity index (χ0n) is 19.9. The van der Waals surface area contributed by atoms with Crippen molar-refractivity contribution in [2.45, 2.75) is 39.8 Å². The molecule has 2 N–H and O–H groups in total. The van der Waals surface area contributed by atoms with Gasteiger partial charge in [0.15, 0.2) is 22.3 Å². The molecule has 1 heterocycles. The number of amides is 2. The van der Waals surface area contributed by atoms with Gasteiger partial charge in [0, 0.05) is 37.3 Å². The number of benzene rings is 1. The number of nitrogens with zero attached hydrogens (tertiary/aromatic N) is 2. The van der Waals surface area contributed by atoms with Gasteiger partial charge in [-0.05, 0) is 27.7 Å². The second-order valence-corrected chi connectivity index (χ2v) is 9.29. The Morgan fingerprint density at radius 3 is 2.12 bits per heavy atom. The third-order valence-electron chi connectivity index (χ3n) is 4.95. The molecule has 0 unspecified atom stereocenters. The van der Waals surface area contributed by atoms with Crippen molar-refractivity contribution in [3.05, 3.63) is 27.7 Å². The van der Waals surface area contributed by atoms with E-state index in [1.165, 1.54) is 27.4 Å². The van der Waals surface area contributed by atoms with Crippen LogP contribution in [0.25, 0.3) is 0 Å². The van der Waals surface area contributed by atoms with E-state index in [0.717, 1.165) is 11.3 Å². The number of thiazole rings is 1. The monoisotopic (exact) mass is 498 g/mol. The molecule has 0 spiro atoms. The number of aromatic nitrogens is 1. The highest BCUT2D eigenvalue weighted by atomic mass is 35.5. The number of carbonyl (C=O) groups is 2. The molecule has 2 aromatic rings. The average molecular weight is 499 g/mol. The fourth-order valence-electron chi connectivity index (χ4n) is 3.36. The number of rotatable bonds is 11. The minimum absolute atomic E-state index is 0.0666. The van der Waals surface area contributed by atoms with E-state index in [2.05, 4.69) is 48.2 Å².